The number of hydrogen-bond donors (Lipinski definition) is 10. The van der Waals surface area contributed by atoms with Crippen LogP contribution in [0.3, 0.4) is 0 Å². The summed E-state index contributed by atoms with van der Waals surface area (Å²) in [5, 5.41) is 100. The van der Waals surface area contributed by atoms with Crippen LogP contribution < -0.4 is 0 Å². The lowest BCUT2D eigenvalue weighted by Gasteiger charge is -2.46. The van der Waals surface area contributed by atoms with Crippen molar-refractivity contribution in [2.75, 3.05) is 19.8 Å². The minimum Gasteiger partial charge on any atom is -0.504 e. The summed E-state index contributed by atoms with van der Waals surface area (Å²) in [6.45, 7) is -1.65. The fourth-order valence-electron chi connectivity index (χ4n) is 4.81. The van der Waals surface area contributed by atoms with Crippen molar-refractivity contribution in [2.24, 2.45) is 0 Å². The average Bonchev–Trinajstić information content (AvgIpc) is 3.02. The smallest absolute Gasteiger partial charge is 0.331 e. The van der Waals surface area contributed by atoms with Gasteiger partial charge in [-0.1, -0.05) is 12.1 Å². The van der Waals surface area contributed by atoms with E-state index in [4.69, 9.17) is 23.7 Å². The van der Waals surface area contributed by atoms with Gasteiger partial charge in [-0.15, -0.1) is 0 Å². The molecule has 2 heterocycles. The summed E-state index contributed by atoms with van der Waals surface area (Å²) < 4.78 is 28.0. The molecule has 0 spiro atoms. The standard InChI is InChI=1S/C29H36O16/c30-11-19-22(37)23(38)24(39)29(42-19)45-27-25(40)28(41-8-7-14-2-5-16(33)18(35)10-14)43-20(12-31)26(27)44-21(36)6-3-13-1-4-15(32)17(34)9-13/h1-6,9-10,19-20,22-35,37-40H,7-8,11-12H2/t19-,20-,22-,23+,24-,25-,26-,27+,28-,29+/m1/s1. The van der Waals surface area contributed by atoms with Crippen LogP contribution in [0.25, 0.3) is 6.08 Å². The van der Waals surface area contributed by atoms with Gasteiger partial charge in [0.05, 0.1) is 19.8 Å². The molecule has 2 aliphatic heterocycles. The molecule has 10 N–H and O–H groups in total. The van der Waals surface area contributed by atoms with Gasteiger partial charge in [-0.25, -0.2) is 4.79 Å². The Morgan fingerprint density at radius 2 is 1.38 bits per heavy atom. The van der Waals surface area contributed by atoms with E-state index in [0.717, 1.165) is 6.08 Å². The molecule has 0 saturated carbocycles. The molecule has 2 aromatic carbocycles. The zero-order valence-corrected chi connectivity index (χ0v) is 23.6. The summed E-state index contributed by atoms with van der Waals surface area (Å²) in [4.78, 5) is 12.8. The maximum absolute atomic E-state index is 12.8. The number of esters is 1. The van der Waals surface area contributed by atoms with E-state index in [2.05, 4.69) is 0 Å². The third-order valence-electron chi connectivity index (χ3n) is 7.31. The number of benzene rings is 2. The summed E-state index contributed by atoms with van der Waals surface area (Å²) >= 11 is 0. The number of aromatic hydroxyl groups is 4. The third kappa shape index (κ3) is 8.19. The number of phenolic OH excluding ortho intramolecular Hbond substituents is 4. The van der Waals surface area contributed by atoms with Crippen molar-refractivity contribution in [1.82, 2.24) is 0 Å². The van der Waals surface area contributed by atoms with E-state index in [1.807, 2.05) is 0 Å². The molecule has 2 saturated heterocycles. The van der Waals surface area contributed by atoms with Gasteiger partial charge < -0.3 is 74.7 Å². The predicted molar refractivity (Wildman–Crippen MR) is 149 cm³/mol. The van der Waals surface area contributed by atoms with Crippen molar-refractivity contribution >= 4 is 12.0 Å². The lowest BCUT2D eigenvalue weighted by Crippen LogP contribution is -2.65. The molecule has 248 valence electrons. The fourth-order valence-corrected chi connectivity index (χ4v) is 4.81. The quantitative estimate of drug-likeness (QED) is 0.0720. The molecule has 16 nitrogen and oxygen atoms in total. The zero-order chi connectivity index (χ0) is 32.8. The summed E-state index contributed by atoms with van der Waals surface area (Å²) in [5.74, 6) is -2.50. The first kappa shape index (κ1) is 34.3. The predicted octanol–water partition coefficient (Wildman–Crippen LogP) is -2.04. The highest BCUT2D eigenvalue weighted by atomic mass is 16.7. The van der Waals surface area contributed by atoms with Gasteiger partial charge in [0.25, 0.3) is 0 Å². The summed E-state index contributed by atoms with van der Waals surface area (Å²) in [6, 6.07) is 7.88. The van der Waals surface area contributed by atoms with E-state index in [-0.39, 0.29) is 30.3 Å². The molecule has 0 bridgehead atoms. The van der Waals surface area contributed by atoms with Crippen LogP contribution in [0.1, 0.15) is 11.1 Å². The Hall–Kier alpha value is -3.55. The maximum Gasteiger partial charge on any atom is 0.331 e. The summed E-state index contributed by atoms with van der Waals surface area (Å²) in [7, 11) is 0. The third-order valence-corrected chi connectivity index (χ3v) is 7.31. The molecule has 45 heavy (non-hydrogen) atoms. The van der Waals surface area contributed by atoms with Crippen LogP contribution in [0.2, 0.25) is 0 Å². The van der Waals surface area contributed by atoms with Crippen LogP contribution in [-0.2, 0) is 34.9 Å². The second-order valence-electron chi connectivity index (χ2n) is 10.4. The molecule has 0 aromatic heterocycles. The lowest BCUT2D eigenvalue weighted by atomic mass is 9.96. The topological polar surface area (TPSA) is 266 Å². The van der Waals surface area contributed by atoms with Crippen LogP contribution in [0.15, 0.2) is 42.5 Å². The highest BCUT2D eigenvalue weighted by molar-refractivity contribution is 5.87. The van der Waals surface area contributed by atoms with Gasteiger partial charge in [-0.2, -0.15) is 0 Å². The Balaban J connectivity index is 1.53. The number of carbonyl (C=O) groups is 1. The Bertz CT molecular complexity index is 1320. The molecule has 2 aromatic rings. The highest BCUT2D eigenvalue weighted by Crippen LogP contribution is 2.32. The first-order valence-electron chi connectivity index (χ1n) is 13.9. The van der Waals surface area contributed by atoms with Crippen molar-refractivity contribution in [2.45, 2.75) is 67.8 Å². The lowest BCUT2D eigenvalue weighted by molar-refractivity contribution is -0.360. The van der Waals surface area contributed by atoms with Gasteiger partial charge >= 0.3 is 5.97 Å². The van der Waals surface area contributed by atoms with Crippen LogP contribution in [-0.4, -0.2) is 138 Å². The van der Waals surface area contributed by atoms with E-state index < -0.39 is 86.3 Å². The van der Waals surface area contributed by atoms with Gasteiger partial charge in [0.15, 0.2) is 41.7 Å². The van der Waals surface area contributed by atoms with Crippen LogP contribution in [0.4, 0.5) is 0 Å². The number of phenols is 4. The van der Waals surface area contributed by atoms with Crippen molar-refractivity contribution in [3.05, 3.63) is 53.6 Å². The van der Waals surface area contributed by atoms with Crippen LogP contribution in [0.5, 0.6) is 23.0 Å². The Morgan fingerprint density at radius 3 is 2.02 bits per heavy atom. The molecule has 0 aliphatic carbocycles. The minimum atomic E-state index is -1.88. The van der Waals surface area contributed by atoms with Crippen LogP contribution in [0, 0.1) is 0 Å². The SMILES string of the molecule is O=C(C=Cc1ccc(O)c(O)c1)O[C@H]1[C@@H](O[C@@H]2O[C@H](CO)[C@@H](O)[C@H](O)[C@H]2O)[C@@H](O)[C@H](OCCc2ccc(O)c(O)c2)O[C@@H]1CO. The Kier molecular flexibility index (Phi) is 11.6. The summed E-state index contributed by atoms with van der Waals surface area (Å²) in [5.41, 5.74) is 0.870. The number of ether oxygens (including phenoxy) is 5. The first-order chi connectivity index (χ1) is 21.4. The largest absolute Gasteiger partial charge is 0.504 e. The van der Waals surface area contributed by atoms with E-state index in [9.17, 15) is 55.9 Å². The molecular formula is C29H36O16. The van der Waals surface area contributed by atoms with Gasteiger partial charge in [0.1, 0.15) is 42.7 Å². The molecule has 0 radical (unpaired) electrons. The second kappa shape index (κ2) is 15.2. The molecule has 4 rings (SSSR count). The number of aliphatic hydroxyl groups is 6. The van der Waals surface area contributed by atoms with Crippen molar-refractivity contribution in [1.29, 1.82) is 0 Å². The molecular weight excluding hydrogens is 604 g/mol. The zero-order valence-electron chi connectivity index (χ0n) is 23.6. The van der Waals surface area contributed by atoms with Crippen molar-refractivity contribution in [3.63, 3.8) is 0 Å². The van der Waals surface area contributed by atoms with Gasteiger partial charge in [-0.05, 0) is 47.9 Å². The van der Waals surface area contributed by atoms with Gasteiger partial charge in [0.2, 0.25) is 0 Å². The van der Waals surface area contributed by atoms with Crippen molar-refractivity contribution in [3.8, 4) is 23.0 Å². The Morgan fingerprint density at radius 1 is 0.733 bits per heavy atom. The molecule has 2 fully saturated rings. The molecule has 0 amide bonds. The normalized spacial score (nSPS) is 32.0. The number of rotatable bonds is 11. The Labute approximate surface area is 256 Å². The van der Waals surface area contributed by atoms with E-state index in [1.165, 1.54) is 42.5 Å². The molecule has 2 aliphatic rings. The van der Waals surface area contributed by atoms with Crippen LogP contribution >= 0.6 is 0 Å². The van der Waals surface area contributed by atoms with Crippen molar-refractivity contribution < 1.29 is 79.5 Å². The number of aliphatic hydroxyl groups excluding tert-OH is 6. The summed E-state index contributed by atoms with van der Waals surface area (Å²) in [6.07, 6.45) is -14.0. The van der Waals surface area contributed by atoms with Gasteiger partial charge in [0, 0.05) is 6.08 Å². The highest BCUT2D eigenvalue weighted by Gasteiger charge is 2.52. The monoisotopic (exact) mass is 640 g/mol. The number of hydrogen-bond acceptors (Lipinski definition) is 16. The van der Waals surface area contributed by atoms with E-state index in [0.29, 0.717) is 11.1 Å². The first-order valence-corrected chi connectivity index (χ1v) is 13.9. The minimum absolute atomic E-state index is 0.108. The number of carbonyl (C=O) groups excluding carboxylic acids is 1. The van der Waals surface area contributed by atoms with Gasteiger partial charge in [-0.3, -0.25) is 0 Å². The molecule has 0 unspecified atom stereocenters. The van der Waals surface area contributed by atoms with E-state index in [1.54, 1.807) is 0 Å². The fraction of sp³-hybridized carbons (Fsp3) is 0.483. The molecule has 10 atom stereocenters. The molecule has 16 heteroatoms. The average molecular weight is 641 g/mol. The second-order valence-corrected chi connectivity index (χ2v) is 10.4. The van der Waals surface area contributed by atoms with E-state index >= 15 is 0 Å². The maximum atomic E-state index is 12.8.